The van der Waals surface area contributed by atoms with Crippen LogP contribution in [0, 0.1) is 6.92 Å². The van der Waals surface area contributed by atoms with Crippen LogP contribution >= 0.6 is 11.3 Å². The Morgan fingerprint density at radius 2 is 2.00 bits per heavy atom. The van der Waals surface area contributed by atoms with E-state index in [4.69, 9.17) is 0 Å². The number of halogens is 3. The normalized spacial score (nSPS) is 18.6. The van der Waals surface area contributed by atoms with Crippen LogP contribution in [0.4, 0.5) is 13.2 Å². The second-order valence-corrected chi connectivity index (χ2v) is 5.14. The maximum absolute atomic E-state index is 12.5. The molecule has 0 atom stereocenters. The van der Waals surface area contributed by atoms with Crippen LogP contribution in [0.2, 0.25) is 0 Å². The first-order valence-corrected chi connectivity index (χ1v) is 6.25. The fraction of sp³-hybridized carbons (Fsp3) is 0.700. The van der Waals surface area contributed by atoms with Gasteiger partial charge in [-0.1, -0.05) is 0 Å². The molecule has 0 aliphatic carbocycles. The van der Waals surface area contributed by atoms with Crippen molar-refractivity contribution in [2.75, 3.05) is 26.2 Å². The van der Waals surface area contributed by atoms with Gasteiger partial charge in [0.1, 0.15) is 0 Å². The Morgan fingerprint density at radius 3 is 2.53 bits per heavy atom. The van der Waals surface area contributed by atoms with Crippen LogP contribution in [-0.2, 0) is 12.7 Å². The van der Waals surface area contributed by atoms with E-state index in [9.17, 15) is 13.2 Å². The van der Waals surface area contributed by atoms with Crippen molar-refractivity contribution in [2.24, 2.45) is 0 Å². The van der Waals surface area contributed by atoms with Gasteiger partial charge in [0, 0.05) is 37.6 Å². The van der Waals surface area contributed by atoms with Gasteiger partial charge in [0.2, 0.25) is 0 Å². The Bertz CT molecular complexity index is 383. The molecule has 17 heavy (non-hydrogen) atoms. The van der Waals surface area contributed by atoms with Gasteiger partial charge < -0.3 is 5.32 Å². The van der Waals surface area contributed by atoms with Gasteiger partial charge in [0.25, 0.3) is 0 Å². The van der Waals surface area contributed by atoms with Gasteiger partial charge in [-0.3, -0.25) is 4.90 Å². The summed E-state index contributed by atoms with van der Waals surface area (Å²) in [4.78, 5) is 6.47. The van der Waals surface area contributed by atoms with Crippen LogP contribution in [0.25, 0.3) is 0 Å². The van der Waals surface area contributed by atoms with E-state index in [2.05, 4.69) is 15.2 Å². The maximum atomic E-state index is 12.5. The Balaban J connectivity index is 2.07. The molecule has 0 radical (unpaired) electrons. The van der Waals surface area contributed by atoms with Crippen molar-refractivity contribution in [3.05, 3.63) is 15.6 Å². The number of rotatable bonds is 2. The minimum absolute atomic E-state index is 0.501. The van der Waals surface area contributed by atoms with Crippen molar-refractivity contribution in [3.8, 4) is 0 Å². The molecule has 7 heteroatoms. The second-order valence-electron chi connectivity index (χ2n) is 4.05. The van der Waals surface area contributed by atoms with Gasteiger partial charge in [-0.05, 0) is 6.92 Å². The SMILES string of the molecule is Cc1nc(C(F)(F)F)sc1CN1CCNCC1. The number of hydrogen-bond acceptors (Lipinski definition) is 4. The molecular weight excluding hydrogens is 251 g/mol. The Morgan fingerprint density at radius 1 is 1.35 bits per heavy atom. The van der Waals surface area contributed by atoms with E-state index >= 15 is 0 Å². The van der Waals surface area contributed by atoms with Gasteiger partial charge in [-0.15, -0.1) is 11.3 Å². The number of aryl methyl sites for hydroxylation is 1. The van der Waals surface area contributed by atoms with E-state index < -0.39 is 11.2 Å². The summed E-state index contributed by atoms with van der Waals surface area (Å²) in [7, 11) is 0. The maximum Gasteiger partial charge on any atom is 0.443 e. The summed E-state index contributed by atoms with van der Waals surface area (Å²) in [5.74, 6) is 0. The van der Waals surface area contributed by atoms with Crippen LogP contribution in [0.1, 0.15) is 15.6 Å². The Hall–Kier alpha value is -0.660. The summed E-state index contributed by atoms with van der Waals surface area (Å²) in [5.41, 5.74) is 0.501. The van der Waals surface area contributed by atoms with Gasteiger partial charge >= 0.3 is 6.18 Å². The Labute approximate surface area is 102 Å². The van der Waals surface area contributed by atoms with E-state index in [1.54, 1.807) is 6.92 Å². The fourth-order valence-corrected chi connectivity index (χ4v) is 2.74. The standard InChI is InChI=1S/C10H14F3N3S/c1-7-8(6-16-4-2-14-3-5-16)17-9(15-7)10(11,12)13/h14H,2-6H2,1H3. The predicted molar refractivity (Wildman–Crippen MR) is 60.0 cm³/mol. The lowest BCUT2D eigenvalue weighted by molar-refractivity contribution is -0.137. The van der Waals surface area contributed by atoms with Gasteiger partial charge in [-0.2, -0.15) is 13.2 Å². The third-order valence-electron chi connectivity index (χ3n) is 2.71. The smallest absolute Gasteiger partial charge is 0.314 e. The van der Waals surface area contributed by atoms with Crippen molar-refractivity contribution in [3.63, 3.8) is 0 Å². The zero-order valence-corrected chi connectivity index (χ0v) is 10.3. The fourth-order valence-electron chi connectivity index (χ4n) is 1.77. The topological polar surface area (TPSA) is 28.2 Å². The average Bonchev–Trinajstić information content (AvgIpc) is 2.62. The lowest BCUT2D eigenvalue weighted by Gasteiger charge is -2.26. The lowest BCUT2D eigenvalue weighted by atomic mass is 10.3. The molecule has 0 spiro atoms. The molecule has 1 aliphatic heterocycles. The molecular formula is C10H14F3N3S. The van der Waals surface area contributed by atoms with Crippen LogP contribution < -0.4 is 5.32 Å². The van der Waals surface area contributed by atoms with Gasteiger partial charge in [-0.25, -0.2) is 4.98 Å². The van der Waals surface area contributed by atoms with Crippen molar-refractivity contribution in [1.82, 2.24) is 15.2 Å². The largest absolute Gasteiger partial charge is 0.443 e. The number of nitrogens with zero attached hydrogens (tertiary/aromatic N) is 2. The zero-order chi connectivity index (χ0) is 12.5. The minimum atomic E-state index is -4.32. The number of thiazole rings is 1. The molecule has 0 saturated carbocycles. The first-order chi connectivity index (χ1) is 7.97. The highest BCUT2D eigenvalue weighted by Gasteiger charge is 2.35. The molecule has 1 fully saturated rings. The van der Waals surface area contributed by atoms with Crippen molar-refractivity contribution >= 4 is 11.3 Å². The highest BCUT2D eigenvalue weighted by atomic mass is 32.1. The summed E-state index contributed by atoms with van der Waals surface area (Å²) in [6.07, 6.45) is -4.32. The molecule has 96 valence electrons. The van der Waals surface area contributed by atoms with E-state index in [1.165, 1.54) is 0 Å². The molecule has 2 heterocycles. The van der Waals surface area contributed by atoms with Gasteiger partial charge in [0.15, 0.2) is 5.01 Å². The lowest BCUT2D eigenvalue weighted by Crippen LogP contribution is -2.42. The number of aromatic nitrogens is 1. The number of nitrogens with one attached hydrogen (secondary N) is 1. The number of hydrogen-bond donors (Lipinski definition) is 1. The first-order valence-electron chi connectivity index (χ1n) is 5.43. The molecule has 1 saturated heterocycles. The van der Waals surface area contributed by atoms with E-state index in [-0.39, 0.29) is 0 Å². The minimum Gasteiger partial charge on any atom is -0.314 e. The predicted octanol–water partition coefficient (Wildman–Crippen LogP) is 1.88. The monoisotopic (exact) mass is 265 g/mol. The van der Waals surface area contributed by atoms with Crippen molar-refractivity contribution in [1.29, 1.82) is 0 Å². The third-order valence-corrected chi connectivity index (χ3v) is 3.90. The van der Waals surface area contributed by atoms with Crippen LogP contribution in [0.5, 0.6) is 0 Å². The summed E-state index contributed by atoms with van der Waals surface area (Å²) < 4.78 is 37.5. The molecule has 0 aromatic carbocycles. The molecule has 3 nitrogen and oxygen atoms in total. The third kappa shape index (κ3) is 3.17. The molecule has 2 rings (SSSR count). The number of piperazine rings is 1. The Kier molecular flexibility index (Phi) is 3.70. The molecule has 1 aromatic rings. The van der Waals surface area contributed by atoms with Crippen LogP contribution in [-0.4, -0.2) is 36.1 Å². The van der Waals surface area contributed by atoms with E-state index in [0.29, 0.717) is 12.2 Å². The summed E-state index contributed by atoms with van der Waals surface area (Å²) in [6.45, 7) is 5.75. The van der Waals surface area contributed by atoms with E-state index in [1.807, 2.05) is 0 Å². The number of alkyl halides is 3. The highest BCUT2D eigenvalue weighted by Crippen LogP contribution is 2.34. The average molecular weight is 265 g/mol. The molecule has 0 amide bonds. The molecule has 0 unspecified atom stereocenters. The van der Waals surface area contributed by atoms with Gasteiger partial charge in [0.05, 0.1) is 5.69 Å². The summed E-state index contributed by atoms with van der Waals surface area (Å²) in [6, 6.07) is 0. The molecule has 0 bridgehead atoms. The quantitative estimate of drug-likeness (QED) is 0.885. The zero-order valence-electron chi connectivity index (χ0n) is 9.47. The van der Waals surface area contributed by atoms with Crippen molar-refractivity contribution < 1.29 is 13.2 Å². The molecule has 1 N–H and O–H groups in total. The first kappa shape index (κ1) is 12.8. The summed E-state index contributed by atoms with van der Waals surface area (Å²) in [5, 5.41) is 2.47. The molecule has 1 aliphatic rings. The molecule has 1 aromatic heterocycles. The van der Waals surface area contributed by atoms with Crippen molar-refractivity contribution in [2.45, 2.75) is 19.6 Å². The highest BCUT2D eigenvalue weighted by molar-refractivity contribution is 7.11. The van der Waals surface area contributed by atoms with E-state index in [0.717, 1.165) is 42.4 Å². The summed E-state index contributed by atoms with van der Waals surface area (Å²) >= 11 is 0.762. The second kappa shape index (κ2) is 4.91. The van der Waals surface area contributed by atoms with Crippen LogP contribution in [0.15, 0.2) is 0 Å². The van der Waals surface area contributed by atoms with Crippen LogP contribution in [0.3, 0.4) is 0 Å².